The van der Waals surface area contributed by atoms with Gasteiger partial charge in [-0.1, -0.05) is 74.5 Å². The molecule has 16 heteroatoms. The molecule has 4 fully saturated rings. The first kappa shape index (κ1) is 49.8. The Morgan fingerprint density at radius 3 is 2.03 bits per heavy atom. The van der Waals surface area contributed by atoms with Crippen LogP contribution in [0.15, 0.2) is 96.1 Å². The monoisotopic (exact) mass is 953 g/mol. The molecule has 2 bridgehead atoms. The molecule has 8 rings (SSSR count). The summed E-state index contributed by atoms with van der Waals surface area (Å²) in [5, 5.41) is 14.0. The minimum Gasteiger partial charge on any atom is -0.497 e. The molecule has 2 saturated heterocycles. The van der Waals surface area contributed by atoms with E-state index in [2.05, 4.69) is 0 Å². The van der Waals surface area contributed by atoms with E-state index in [-0.39, 0.29) is 25.0 Å². The highest BCUT2D eigenvalue weighted by atomic mass is 16.6. The van der Waals surface area contributed by atoms with Gasteiger partial charge in [0.1, 0.15) is 47.4 Å². The molecular weight excluding hydrogens is 891 g/mol. The summed E-state index contributed by atoms with van der Waals surface area (Å²) in [7, 11) is 4.37. The first-order valence-corrected chi connectivity index (χ1v) is 23.2. The zero-order chi connectivity index (χ0) is 50.0. The van der Waals surface area contributed by atoms with Crippen molar-refractivity contribution in [2.75, 3.05) is 27.9 Å². The highest BCUT2D eigenvalue weighted by Gasteiger charge is 2.78. The number of aliphatic hydroxyl groups is 1. The van der Waals surface area contributed by atoms with Crippen molar-refractivity contribution < 1.29 is 71.7 Å². The summed E-state index contributed by atoms with van der Waals surface area (Å²) in [5.74, 6) is -3.65. The molecule has 1 amide bonds. The second-order valence-electron chi connectivity index (χ2n) is 20.4. The predicted octanol–water partition coefficient (Wildman–Crippen LogP) is 7.03. The molecule has 3 aliphatic carbocycles. The standard InChI is InChI=1S/C53H63NO15/c1-29-35(65-47(58)41-39(31-18-14-12-15-19-31)54(48(59)69-49(3,4)5)45(66-41)32-22-24-34(61-9)25-23-32)27-53(60)44(67-46(57)33-20-16-13-17-21-33)42-51(8,43(56)40(63-11)38(29)50(53,6)7)36(62-10)26-37-52(42,28-64-37)68-30(2)55/h12-25,35-37,39-42,44-45,60H,26-28H2,1-11H3/t35-,36-,37+,39+,40+,41+,42-,44-,45?,51+,52-,53+/m0/s1. The Kier molecular flexibility index (Phi) is 13.2. The molecule has 0 aromatic heterocycles. The summed E-state index contributed by atoms with van der Waals surface area (Å²) in [6.07, 6.45) is -9.71. The van der Waals surface area contributed by atoms with Crippen LogP contribution in [0.1, 0.15) is 102 Å². The normalized spacial score (nSPS) is 33.7. The molecule has 5 aliphatic rings. The van der Waals surface area contributed by atoms with Gasteiger partial charge in [-0.25, -0.2) is 14.4 Å². The number of amides is 1. The van der Waals surface area contributed by atoms with Gasteiger partial charge in [0.25, 0.3) is 0 Å². The largest absolute Gasteiger partial charge is 0.497 e. The first-order valence-electron chi connectivity index (χ1n) is 23.2. The fourth-order valence-electron chi connectivity index (χ4n) is 11.8. The number of nitrogens with zero attached hydrogens (tertiary/aromatic N) is 1. The van der Waals surface area contributed by atoms with Gasteiger partial charge in [-0.15, -0.1) is 0 Å². The maximum Gasteiger partial charge on any atom is 0.413 e. The summed E-state index contributed by atoms with van der Waals surface area (Å²) >= 11 is 0. The second-order valence-corrected chi connectivity index (χ2v) is 20.4. The van der Waals surface area contributed by atoms with Crippen molar-refractivity contribution in [1.82, 2.24) is 4.90 Å². The summed E-state index contributed by atoms with van der Waals surface area (Å²) in [6.45, 7) is 13.1. The van der Waals surface area contributed by atoms with Crippen LogP contribution in [0.3, 0.4) is 0 Å². The molecule has 3 aromatic carbocycles. The molecule has 0 radical (unpaired) electrons. The molecule has 370 valence electrons. The Hall–Kier alpha value is -5.65. The quantitative estimate of drug-likeness (QED) is 0.124. The maximum atomic E-state index is 15.8. The molecule has 1 unspecified atom stereocenters. The highest BCUT2D eigenvalue weighted by molar-refractivity contribution is 5.94. The molecule has 0 spiro atoms. The molecule has 16 nitrogen and oxygen atoms in total. The highest BCUT2D eigenvalue weighted by Crippen LogP contribution is 2.65. The SMILES string of the molecule is COc1ccc(C2O[C@@H](C(=O)O[C@H]3C[C@@]4(O)[C@@H](OC(=O)c5ccccc5)[C@@H]5[C@]6(OC(C)=O)CO[C@@H]6C[C@H](OC)[C@@]5(C)C(=O)[C@H](OC)C(=C3C)C4(C)C)[C@@H](c3ccccc3)N2C(=O)OC(C)(C)C)cc1. The fraction of sp³-hybridized carbons (Fsp3) is 0.528. The third kappa shape index (κ3) is 8.21. The molecule has 3 aromatic rings. The number of hydrogen-bond donors (Lipinski definition) is 1. The van der Waals surface area contributed by atoms with E-state index in [1.807, 2.05) is 0 Å². The Bertz CT molecular complexity index is 2490. The van der Waals surface area contributed by atoms with Gasteiger partial charge in [-0.3, -0.25) is 14.5 Å². The molecule has 2 saturated carbocycles. The van der Waals surface area contributed by atoms with Crippen LogP contribution in [0.5, 0.6) is 5.75 Å². The summed E-state index contributed by atoms with van der Waals surface area (Å²) in [5.41, 5.74) is -5.96. The van der Waals surface area contributed by atoms with Gasteiger partial charge in [0.2, 0.25) is 0 Å². The number of hydrogen-bond acceptors (Lipinski definition) is 15. The Morgan fingerprint density at radius 1 is 0.841 bits per heavy atom. The third-order valence-corrected chi connectivity index (χ3v) is 15.1. The number of esters is 3. The number of ether oxygens (including phenoxy) is 9. The smallest absolute Gasteiger partial charge is 0.413 e. The van der Waals surface area contributed by atoms with Crippen molar-refractivity contribution in [3.8, 4) is 5.75 Å². The van der Waals surface area contributed by atoms with Crippen LogP contribution in [0.4, 0.5) is 4.79 Å². The van der Waals surface area contributed by atoms with Crippen molar-refractivity contribution in [2.45, 2.75) is 134 Å². The van der Waals surface area contributed by atoms with E-state index >= 15 is 9.59 Å². The number of carbonyl (C=O) groups excluding carboxylic acids is 5. The lowest BCUT2D eigenvalue weighted by molar-refractivity contribution is -0.347. The zero-order valence-electron chi connectivity index (χ0n) is 41.0. The number of benzene rings is 3. The van der Waals surface area contributed by atoms with Crippen LogP contribution in [-0.2, 0) is 52.3 Å². The number of carbonyl (C=O) groups is 5. The van der Waals surface area contributed by atoms with E-state index in [0.29, 0.717) is 28.0 Å². The van der Waals surface area contributed by atoms with E-state index in [0.717, 1.165) is 0 Å². The number of fused-ring (bicyclic) bond motifs is 5. The predicted molar refractivity (Wildman–Crippen MR) is 246 cm³/mol. The maximum absolute atomic E-state index is 15.8. The van der Waals surface area contributed by atoms with Gasteiger partial charge in [0, 0.05) is 45.0 Å². The van der Waals surface area contributed by atoms with Crippen molar-refractivity contribution in [2.24, 2.45) is 16.7 Å². The molecule has 2 heterocycles. The number of Topliss-reactive ketones (excluding diaryl/α,β-unsaturated/α-hetero) is 1. The molecular formula is C53H63NO15. The van der Waals surface area contributed by atoms with Crippen molar-refractivity contribution in [1.29, 1.82) is 0 Å². The van der Waals surface area contributed by atoms with Crippen molar-refractivity contribution >= 4 is 29.8 Å². The second kappa shape index (κ2) is 18.3. The number of rotatable bonds is 10. The number of ketones is 1. The van der Waals surface area contributed by atoms with Crippen LogP contribution in [0, 0.1) is 16.7 Å². The van der Waals surface area contributed by atoms with E-state index in [4.69, 9.17) is 42.6 Å². The van der Waals surface area contributed by atoms with Crippen LogP contribution >= 0.6 is 0 Å². The van der Waals surface area contributed by atoms with Crippen LogP contribution < -0.4 is 4.74 Å². The average Bonchev–Trinajstić information content (AvgIpc) is 3.72. The van der Waals surface area contributed by atoms with Gasteiger partial charge in [0.15, 0.2) is 23.7 Å². The minimum absolute atomic E-state index is 0.125. The summed E-state index contributed by atoms with van der Waals surface area (Å²) in [6, 6.07) is 22.9. The van der Waals surface area contributed by atoms with Crippen molar-refractivity contribution in [3.63, 3.8) is 0 Å². The van der Waals surface area contributed by atoms with Gasteiger partial charge in [-0.05, 0) is 75.6 Å². The van der Waals surface area contributed by atoms with Crippen LogP contribution in [-0.4, -0.2) is 121 Å². The van der Waals surface area contributed by atoms with E-state index < -0.39 is 112 Å². The lowest BCUT2D eigenvalue weighted by atomic mass is 9.44. The summed E-state index contributed by atoms with van der Waals surface area (Å²) in [4.78, 5) is 74.6. The first-order chi connectivity index (χ1) is 32.6. The van der Waals surface area contributed by atoms with Gasteiger partial charge in [-0.2, -0.15) is 0 Å². The molecule has 69 heavy (non-hydrogen) atoms. The molecule has 2 aliphatic heterocycles. The van der Waals surface area contributed by atoms with Crippen LogP contribution in [0.25, 0.3) is 0 Å². The Morgan fingerprint density at radius 2 is 1.48 bits per heavy atom. The lowest BCUT2D eigenvalue weighted by Crippen LogP contribution is -2.82. The Labute approximate surface area is 402 Å². The third-order valence-electron chi connectivity index (χ3n) is 15.1. The minimum atomic E-state index is -2.22. The zero-order valence-corrected chi connectivity index (χ0v) is 41.0. The lowest BCUT2D eigenvalue weighted by Gasteiger charge is -2.67. The number of methoxy groups -OCH3 is 3. The van der Waals surface area contributed by atoms with E-state index in [9.17, 15) is 19.5 Å². The average molecular weight is 954 g/mol. The fourth-order valence-corrected chi connectivity index (χ4v) is 11.8. The van der Waals surface area contributed by atoms with Gasteiger partial charge < -0.3 is 47.7 Å². The molecule has 1 N–H and O–H groups in total. The summed E-state index contributed by atoms with van der Waals surface area (Å²) < 4.78 is 55.9. The van der Waals surface area contributed by atoms with Gasteiger partial charge >= 0.3 is 24.0 Å². The van der Waals surface area contributed by atoms with Crippen LogP contribution in [0.2, 0.25) is 0 Å². The van der Waals surface area contributed by atoms with E-state index in [1.165, 1.54) is 33.2 Å². The van der Waals surface area contributed by atoms with E-state index in [1.54, 1.807) is 133 Å². The van der Waals surface area contributed by atoms with Crippen molar-refractivity contribution in [3.05, 3.63) is 113 Å². The topological polar surface area (TPSA) is 192 Å². The van der Waals surface area contributed by atoms with Gasteiger partial charge in [0.05, 0.1) is 36.7 Å². The molecule has 12 atom stereocenters. The Balaban J connectivity index is 1.29.